The van der Waals surface area contributed by atoms with Crippen LogP contribution in [-0.4, -0.2) is 60.9 Å². The van der Waals surface area contributed by atoms with Gasteiger partial charge in [-0.25, -0.2) is 9.37 Å². The van der Waals surface area contributed by atoms with E-state index in [1.54, 1.807) is 6.08 Å². The zero-order valence-electron chi connectivity index (χ0n) is 19.5. The summed E-state index contributed by atoms with van der Waals surface area (Å²) in [7, 11) is 4.07. The molecule has 0 bridgehead atoms. The lowest BCUT2D eigenvalue weighted by Crippen LogP contribution is -2.58. The SMILES string of the molecule is C\C(=C(Cl)/C=c1/c(NCC=N)nc(N2CC(N(C)C)C2)n/c1=C\F)c1cccc2ccccc12. The molecule has 1 aromatic heterocycles. The van der Waals surface area contributed by atoms with Gasteiger partial charge in [0.15, 0.2) is 0 Å². The third-order valence-corrected chi connectivity index (χ3v) is 6.53. The van der Waals surface area contributed by atoms with E-state index >= 15 is 0 Å². The molecule has 8 heteroatoms. The minimum atomic E-state index is 0.148. The van der Waals surface area contributed by atoms with Gasteiger partial charge in [0.25, 0.3) is 0 Å². The molecule has 0 unspecified atom stereocenters. The smallest absolute Gasteiger partial charge is 0.228 e. The van der Waals surface area contributed by atoms with Gasteiger partial charge in [0, 0.05) is 35.6 Å². The average molecular weight is 479 g/mol. The number of fused-ring (bicyclic) bond motifs is 1. The summed E-state index contributed by atoms with van der Waals surface area (Å²) in [5.74, 6) is 0.895. The molecule has 176 valence electrons. The van der Waals surface area contributed by atoms with Crippen LogP contribution in [0.25, 0.3) is 28.8 Å². The van der Waals surface area contributed by atoms with Crippen LogP contribution in [0.15, 0.2) is 47.5 Å². The van der Waals surface area contributed by atoms with Gasteiger partial charge < -0.3 is 20.5 Å². The summed E-state index contributed by atoms with van der Waals surface area (Å²) in [6, 6.07) is 14.6. The number of nitrogens with zero attached hydrogens (tertiary/aromatic N) is 4. The van der Waals surface area contributed by atoms with Crippen LogP contribution in [-0.2, 0) is 0 Å². The molecule has 3 aromatic rings. The fourth-order valence-corrected chi connectivity index (χ4v) is 4.20. The molecule has 2 heterocycles. The number of aromatic nitrogens is 2. The second kappa shape index (κ2) is 10.3. The molecular weight excluding hydrogens is 451 g/mol. The van der Waals surface area contributed by atoms with Crippen LogP contribution in [0.5, 0.6) is 0 Å². The molecule has 4 rings (SSSR count). The first kappa shape index (κ1) is 23.9. The van der Waals surface area contributed by atoms with E-state index in [-0.39, 0.29) is 11.9 Å². The lowest BCUT2D eigenvalue weighted by atomic mass is 9.99. The molecule has 2 aromatic carbocycles. The Morgan fingerprint density at radius 1 is 1.21 bits per heavy atom. The van der Waals surface area contributed by atoms with E-state index < -0.39 is 0 Å². The fraction of sp³-hybridized carbons (Fsp3) is 0.269. The van der Waals surface area contributed by atoms with Gasteiger partial charge >= 0.3 is 0 Å². The van der Waals surface area contributed by atoms with E-state index in [0.29, 0.717) is 34.4 Å². The summed E-state index contributed by atoms with van der Waals surface area (Å²) < 4.78 is 14.0. The van der Waals surface area contributed by atoms with Gasteiger partial charge in [-0.2, -0.15) is 4.98 Å². The van der Waals surface area contributed by atoms with Crippen molar-refractivity contribution in [1.29, 1.82) is 5.41 Å². The largest absolute Gasteiger partial charge is 0.364 e. The van der Waals surface area contributed by atoms with Crippen molar-refractivity contribution in [3.63, 3.8) is 0 Å². The van der Waals surface area contributed by atoms with E-state index in [0.717, 1.165) is 35.0 Å². The Labute approximate surface area is 203 Å². The zero-order valence-corrected chi connectivity index (χ0v) is 20.3. The monoisotopic (exact) mass is 478 g/mol. The van der Waals surface area contributed by atoms with Crippen LogP contribution < -0.4 is 20.8 Å². The van der Waals surface area contributed by atoms with Gasteiger partial charge in [-0.1, -0.05) is 54.1 Å². The summed E-state index contributed by atoms with van der Waals surface area (Å²) in [5.41, 5.74) is 1.87. The highest BCUT2D eigenvalue weighted by molar-refractivity contribution is 6.37. The van der Waals surface area contributed by atoms with Gasteiger partial charge in [-0.15, -0.1) is 0 Å². The second-order valence-electron chi connectivity index (χ2n) is 8.53. The number of hydrogen-bond acceptors (Lipinski definition) is 6. The molecule has 1 fully saturated rings. The van der Waals surface area contributed by atoms with Gasteiger partial charge in [0.05, 0.1) is 6.54 Å². The van der Waals surface area contributed by atoms with Crippen molar-refractivity contribution in [2.75, 3.05) is 43.9 Å². The number of allylic oxidation sites excluding steroid dienone is 2. The average Bonchev–Trinajstić information content (AvgIpc) is 2.81. The molecule has 0 saturated carbocycles. The lowest BCUT2D eigenvalue weighted by Gasteiger charge is -2.42. The van der Waals surface area contributed by atoms with Gasteiger partial charge in [0.1, 0.15) is 17.5 Å². The van der Waals surface area contributed by atoms with Crippen LogP contribution in [0, 0.1) is 5.41 Å². The maximum atomic E-state index is 14.0. The molecule has 0 radical (unpaired) electrons. The Kier molecular flexibility index (Phi) is 7.24. The number of rotatable bonds is 7. The van der Waals surface area contributed by atoms with E-state index in [4.69, 9.17) is 17.0 Å². The Balaban J connectivity index is 1.82. The second-order valence-corrected chi connectivity index (χ2v) is 8.94. The van der Waals surface area contributed by atoms with Crippen molar-refractivity contribution in [1.82, 2.24) is 14.9 Å². The lowest BCUT2D eigenvalue weighted by molar-refractivity contribution is 0.245. The molecule has 1 aliphatic rings. The first-order valence-electron chi connectivity index (χ1n) is 11.1. The number of nitrogens with one attached hydrogen (secondary N) is 2. The summed E-state index contributed by atoms with van der Waals surface area (Å²) in [6.45, 7) is 3.74. The molecule has 6 nitrogen and oxygen atoms in total. The highest BCUT2D eigenvalue weighted by atomic mass is 35.5. The van der Waals surface area contributed by atoms with Crippen LogP contribution in [0.4, 0.5) is 16.2 Å². The highest BCUT2D eigenvalue weighted by Gasteiger charge is 2.30. The Hall–Kier alpha value is -3.29. The number of anilines is 2. The Morgan fingerprint density at radius 2 is 1.94 bits per heavy atom. The fourth-order valence-electron chi connectivity index (χ4n) is 3.99. The molecule has 2 N–H and O–H groups in total. The standard InChI is InChI=1S/C26H28ClFN6/c1-17(20-10-6-8-18-7-4-5-9-21(18)20)23(27)13-22-24(14-28)31-26(32-25(22)30-12-11-29)34-15-19(16-34)33(2)3/h4-11,13-14,19,29H,12,15-16H2,1-3H3,(H,30,31,32)/b22-13+,23-17-,24-14-,29-11?. The van der Waals surface area contributed by atoms with E-state index in [2.05, 4.69) is 38.4 Å². The van der Waals surface area contributed by atoms with Crippen molar-refractivity contribution in [3.05, 3.63) is 63.6 Å². The quantitative estimate of drug-likeness (QED) is 0.508. The predicted molar refractivity (Wildman–Crippen MR) is 141 cm³/mol. The summed E-state index contributed by atoms with van der Waals surface area (Å²) in [5, 5.41) is 13.8. The molecule has 0 spiro atoms. The van der Waals surface area contributed by atoms with Crippen LogP contribution in [0.3, 0.4) is 0 Å². The van der Waals surface area contributed by atoms with E-state index in [9.17, 15) is 4.39 Å². The predicted octanol–water partition coefficient (Wildman–Crippen LogP) is 3.60. The van der Waals surface area contributed by atoms with Crippen molar-refractivity contribution in [3.8, 4) is 0 Å². The third kappa shape index (κ3) is 4.81. The molecule has 34 heavy (non-hydrogen) atoms. The molecule has 1 saturated heterocycles. The van der Waals surface area contributed by atoms with Crippen molar-refractivity contribution >= 4 is 58.3 Å². The maximum Gasteiger partial charge on any atom is 0.228 e. The number of likely N-dealkylation sites (N-methyl/N-ethyl adjacent to an activating group) is 1. The Bertz CT molecular complexity index is 1360. The van der Waals surface area contributed by atoms with E-state index in [1.165, 1.54) is 6.21 Å². The first-order valence-corrected chi connectivity index (χ1v) is 11.5. The maximum absolute atomic E-state index is 14.0. The number of benzene rings is 2. The van der Waals surface area contributed by atoms with Crippen molar-refractivity contribution < 1.29 is 4.39 Å². The molecular formula is C26H28ClFN6. The zero-order chi connectivity index (χ0) is 24.2. The van der Waals surface area contributed by atoms with Crippen LogP contribution in [0.2, 0.25) is 0 Å². The number of halogens is 2. The summed E-state index contributed by atoms with van der Waals surface area (Å²) in [4.78, 5) is 13.3. The minimum absolute atomic E-state index is 0.148. The normalized spacial score (nSPS) is 16.1. The van der Waals surface area contributed by atoms with E-state index in [1.807, 2.05) is 50.2 Å². The molecule has 0 atom stereocenters. The first-order chi connectivity index (χ1) is 16.4. The molecule has 0 aliphatic carbocycles. The minimum Gasteiger partial charge on any atom is -0.364 e. The number of hydrogen-bond donors (Lipinski definition) is 2. The summed E-state index contributed by atoms with van der Waals surface area (Å²) >= 11 is 6.77. The van der Waals surface area contributed by atoms with Crippen molar-refractivity contribution in [2.24, 2.45) is 0 Å². The van der Waals surface area contributed by atoms with Crippen LogP contribution in [0.1, 0.15) is 12.5 Å². The third-order valence-electron chi connectivity index (χ3n) is 6.14. The summed E-state index contributed by atoms with van der Waals surface area (Å²) in [6.07, 6.45) is 3.40. The highest BCUT2D eigenvalue weighted by Crippen LogP contribution is 2.29. The Morgan fingerprint density at radius 3 is 2.65 bits per heavy atom. The van der Waals surface area contributed by atoms with Crippen LogP contribution >= 0.6 is 11.6 Å². The van der Waals surface area contributed by atoms with Crippen molar-refractivity contribution in [2.45, 2.75) is 13.0 Å². The van der Waals surface area contributed by atoms with Gasteiger partial charge in [-0.05, 0) is 49.0 Å². The van der Waals surface area contributed by atoms with Gasteiger partial charge in [0.2, 0.25) is 5.95 Å². The molecule has 0 amide bonds. The topological polar surface area (TPSA) is 68.1 Å². The van der Waals surface area contributed by atoms with Gasteiger partial charge in [-0.3, -0.25) is 0 Å². The molecule has 1 aliphatic heterocycles.